The van der Waals surface area contributed by atoms with Crippen molar-refractivity contribution < 1.29 is 5.11 Å². The molecule has 1 heterocycles. The molecule has 0 atom stereocenters. The number of phenolic OH excluding ortho intramolecular Hbond substituents is 1. The lowest BCUT2D eigenvalue weighted by Gasteiger charge is -2.05. The second-order valence-electron chi connectivity index (χ2n) is 3.04. The third-order valence-corrected chi connectivity index (χ3v) is 2.91. The fourth-order valence-electron chi connectivity index (χ4n) is 1.36. The van der Waals surface area contributed by atoms with Crippen molar-refractivity contribution in [1.29, 1.82) is 0 Å². The number of phenols is 1. The van der Waals surface area contributed by atoms with E-state index in [1.165, 1.54) is 0 Å². The summed E-state index contributed by atoms with van der Waals surface area (Å²) < 4.78 is 0.848. The minimum absolute atomic E-state index is 0.147. The van der Waals surface area contributed by atoms with Crippen LogP contribution >= 0.6 is 27.5 Å². The number of aryl methyl sites for hydroxylation is 1. The zero-order chi connectivity index (χ0) is 10.3. The molecule has 0 bridgehead atoms. The van der Waals surface area contributed by atoms with E-state index in [9.17, 15) is 5.11 Å². The molecule has 0 spiro atoms. The van der Waals surface area contributed by atoms with E-state index in [1.807, 2.05) is 13.0 Å². The molecule has 14 heavy (non-hydrogen) atoms. The summed E-state index contributed by atoms with van der Waals surface area (Å²) in [6.45, 7) is 1.87. The molecule has 1 aromatic carbocycles. The fourth-order valence-corrected chi connectivity index (χ4v) is 2.46. The molecular formula is C10H7BrClNO. The van der Waals surface area contributed by atoms with E-state index >= 15 is 0 Å². The van der Waals surface area contributed by atoms with Gasteiger partial charge in [-0.25, -0.2) is 4.98 Å². The van der Waals surface area contributed by atoms with Gasteiger partial charge < -0.3 is 5.11 Å². The van der Waals surface area contributed by atoms with Crippen molar-refractivity contribution in [3.63, 3.8) is 0 Å². The lowest BCUT2D eigenvalue weighted by atomic mass is 10.2. The van der Waals surface area contributed by atoms with Gasteiger partial charge in [-0.1, -0.05) is 11.6 Å². The van der Waals surface area contributed by atoms with Crippen LogP contribution in [0.25, 0.3) is 10.9 Å². The molecule has 4 heteroatoms. The lowest BCUT2D eigenvalue weighted by Crippen LogP contribution is -1.86. The van der Waals surface area contributed by atoms with E-state index < -0.39 is 0 Å². The standard InChI is InChI=1S/C10H7BrClNO/c1-5-4-6(11)9-7(12)2-3-8(14)10(9)13-5/h2-4,14H,1H3. The zero-order valence-electron chi connectivity index (χ0n) is 7.38. The first-order valence-electron chi connectivity index (χ1n) is 4.04. The molecule has 0 aliphatic carbocycles. The molecule has 0 fully saturated rings. The summed E-state index contributed by atoms with van der Waals surface area (Å²) in [5.74, 6) is 0.147. The molecule has 0 radical (unpaired) electrons. The highest BCUT2D eigenvalue weighted by molar-refractivity contribution is 9.10. The molecule has 2 aromatic rings. The van der Waals surface area contributed by atoms with E-state index in [4.69, 9.17) is 11.6 Å². The highest BCUT2D eigenvalue weighted by Gasteiger charge is 2.09. The Kier molecular flexibility index (Phi) is 2.37. The van der Waals surface area contributed by atoms with Gasteiger partial charge in [0.05, 0.1) is 5.02 Å². The number of aromatic hydroxyl groups is 1. The van der Waals surface area contributed by atoms with Gasteiger partial charge in [0.15, 0.2) is 0 Å². The van der Waals surface area contributed by atoms with Crippen molar-refractivity contribution in [3.8, 4) is 5.75 Å². The van der Waals surface area contributed by atoms with Crippen LogP contribution in [0.1, 0.15) is 5.69 Å². The van der Waals surface area contributed by atoms with Gasteiger partial charge >= 0.3 is 0 Å². The number of halogens is 2. The van der Waals surface area contributed by atoms with Crippen molar-refractivity contribution in [2.75, 3.05) is 0 Å². The predicted octanol–water partition coefficient (Wildman–Crippen LogP) is 3.66. The SMILES string of the molecule is Cc1cc(Br)c2c(Cl)ccc(O)c2n1. The molecule has 0 aliphatic rings. The number of pyridine rings is 1. The second-order valence-corrected chi connectivity index (χ2v) is 4.30. The van der Waals surface area contributed by atoms with E-state index in [2.05, 4.69) is 20.9 Å². The summed E-state index contributed by atoms with van der Waals surface area (Å²) in [4.78, 5) is 4.23. The molecular weight excluding hydrogens is 265 g/mol. The van der Waals surface area contributed by atoms with Crippen LogP contribution in [0.3, 0.4) is 0 Å². The first-order chi connectivity index (χ1) is 6.59. The minimum atomic E-state index is 0.147. The topological polar surface area (TPSA) is 33.1 Å². The molecule has 2 nitrogen and oxygen atoms in total. The Morgan fingerprint density at radius 1 is 1.43 bits per heavy atom. The minimum Gasteiger partial charge on any atom is -0.506 e. The van der Waals surface area contributed by atoms with Gasteiger partial charge in [-0.15, -0.1) is 0 Å². The zero-order valence-corrected chi connectivity index (χ0v) is 9.72. The molecule has 0 aliphatic heterocycles. The van der Waals surface area contributed by atoms with Gasteiger partial charge in [0.1, 0.15) is 11.3 Å². The quantitative estimate of drug-likeness (QED) is 0.794. The third kappa shape index (κ3) is 1.47. The normalized spacial score (nSPS) is 10.8. The maximum atomic E-state index is 9.60. The van der Waals surface area contributed by atoms with Crippen LogP contribution in [0.2, 0.25) is 5.02 Å². The average molecular weight is 273 g/mol. The van der Waals surface area contributed by atoms with Crippen LogP contribution in [0.4, 0.5) is 0 Å². The van der Waals surface area contributed by atoms with Gasteiger partial charge in [0, 0.05) is 15.6 Å². The Balaban J connectivity index is 3.00. The summed E-state index contributed by atoms with van der Waals surface area (Å²) >= 11 is 9.40. The van der Waals surface area contributed by atoms with E-state index in [0.29, 0.717) is 10.5 Å². The van der Waals surface area contributed by atoms with Gasteiger partial charge in [-0.3, -0.25) is 0 Å². The molecule has 0 unspecified atom stereocenters. The van der Waals surface area contributed by atoms with Crippen LogP contribution < -0.4 is 0 Å². The summed E-state index contributed by atoms with van der Waals surface area (Å²) in [6.07, 6.45) is 0. The van der Waals surface area contributed by atoms with Crippen molar-refractivity contribution in [2.45, 2.75) is 6.92 Å². The molecule has 0 amide bonds. The van der Waals surface area contributed by atoms with E-state index in [-0.39, 0.29) is 5.75 Å². The molecule has 0 saturated carbocycles. The van der Waals surface area contributed by atoms with Crippen molar-refractivity contribution >= 4 is 38.4 Å². The fraction of sp³-hybridized carbons (Fsp3) is 0.100. The Bertz CT molecular complexity index is 513. The lowest BCUT2D eigenvalue weighted by molar-refractivity contribution is 0.480. The molecule has 0 saturated heterocycles. The Labute approximate surface area is 94.7 Å². The monoisotopic (exact) mass is 271 g/mol. The number of hydrogen-bond acceptors (Lipinski definition) is 2. The number of nitrogens with zero attached hydrogens (tertiary/aromatic N) is 1. The maximum absolute atomic E-state index is 9.60. The van der Waals surface area contributed by atoms with Crippen molar-refractivity contribution in [1.82, 2.24) is 4.98 Å². The van der Waals surface area contributed by atoms with Gasteiger partial charge in [-0.05, 0) is 41.1 Å². The highest BCUT2D eigenvalue weighted by Crippen LogP contribution is 2.34. The van der Waals surface area contributed by atoms with Crippen LogP contribution in [-0.2, 0) is 0 Å². The molecule has 1 aromatic heterocycles. The van der Waals surface area contributed by atoms with Gasteiger partial charge in [0.2, 0.25) is 0 Å². The van der Waals surface area contributed by atoms with Crippen LogP contribution in [0.5, 0.6) is 5.75 Å². The van der Waals surface area contributed by atoms with Crippen LogP contribution in [0, 0.1) is 6.92 Å². The van der Waals surface area contributed by atoms with Crippen LogP contribution in [-0.4, -0.2) is 10.1 Å². The Morgan fingerprint density at radius 3 is 2.86 bits per heavy atom. The van der Waals surface area contributed by atoms with Gasteiger partial charge in [-0.2, -0.15) is 0 Å². The number of rotatable bonds is 0. The first-order valence-corrected chi connectivity index (χ1v) is 5.21. The maximum Gasteiger partial charge on any atom is 0.141 e. The molecule has 1 N–H and O–H groups in total. The third-order valence-electron chi connectivity index (χ3n) is 1.97. The smallest absolute Gasteiger partial charge is 0.141 e. The van der Waals surface area contributed by atoms with E-state index in [0.717, 1.165) is 15.6 Å². The Hall–Kier alpha value is -0.800. The average Bonchev–Trinajstić information content (AvgIpc) is 2.10. The largest absolute Gasteiger partial charge is 0.506 e. The molecule has 2 rings (SSSR count). The summed E-state index contributed by atoms with van der Waals surface area (Å²) in [7, 11) is 0. The second kappa shape index (κ2) is 3.41. The van der Waals surface area contributed by atoms with Gasteiger partial charge in [0.25, 0.3) is 0 Å². The number of aromatic nitrogens is 1. The Morgan fingerprint density at radius 2 is 2.14 bits per heavy atom. The van der Waals surface area contributed by atoms with Crippen molar-refractivity contribution in [2.24, 2.45) is 0 Å². The number of fused-ring (bicyclic) bond motifs is 1. The first kappa shape index (κ1) is 9.74. The number of hydrogen-bond donors (Lipinski definition) is 1. The predicted molar refractivity (Wildman–Crippen MR) is 60.9 cm³/mol. The van der Waals surface area contributed by atoms with E-state index in [1.54, 1.807) is 12.1 Å². The summed E-state index contributed by atoms with van der Waals surface area (Å²) in [6, 6.07) is 5.07. The highest BCUT2D eigenvalue weighted by atomic mass is 79.9. The molecule has 72 valence electrons. The summed E-state index contributed by atoms with van der Waals surface area (Å²) in [5.41, 5.74) is 1.37. The van der Waals surface area contributed by atoms with Crippen LogP contribution in [0.15, 0.2) is 22.7 Å². The van der Waals surface area contributed by atoms with Crippen molar-refractivity contribution in [3.05, 3.63) is 33.4 Å². The summed E-state index contributed by atoms with van der Waals surface area (Å²) in [5, 5.41) is 10.9. The number of benzene rings is 1.